The van der Waals surface area contributed by atoms with Crippen molar-refractivity contribution in [3.05, 3.63) is 34.6 Å². The molecule has 7 heteroatoms. The van der Waals surface area contributed by atoms with Crippen molar-refractivity contribution in [1.82, 2.24) is 0 Å². The van der Waals surface area contributed by atoms with Gasteiger partial charge in [0.1, 0.15) is 17.5 Å². The van der Waals surface area contributed by atoms with Gasteiger partial charge in [-0.3, -0.25) is 4.79 Å². The van der Waals surface area contributed by atoms with Crippen LogP contribution in [0.4, 0.5) is 0 Å². The first-order chi connectivity index (χ1) is 11.9. The zero-order chi connectivity index (χ0) is 19.9. The molecule has 0 radical (unpaired) electrons. The maximum Gasteiger partial charge on any atom is 0.208 e. The highest BCUT2D eigenvalue weighted by Gasteiger charge is 2.50. The van der Waals surface area contributed by atoms with E-state index in [4.69, 9.17) is 16.3 Å². The van der Waals surface area contributed by atoms with Crippen LogP contribution in [0.25, 0.3) is 0 Å². The molecular formula is C19H27ClO6. The van der Waals surface area contributed by atoms with Crippen molar-refractivity contribution in [3.63, 3.8) is 0 Å². The first-order valence-corrected chi connectivity index (χ1v) is 9.10. The Morgan fingerprint density at radius 1 is 1.54 bits per heavy atom. The topological polar surface area (TPSA) is 107 Å². The lowest BCUT2D eigenvalue weighted by Gasteiger charge is -2.40. The van der Waals surface area contributed by atoms with Crippen molar-refractivity contribution in [2.24, 2.45) is 11.8 Å². The third kappa shape index (κ3) is 3.75. The molecule has 0 aromatic heterocycles. The van der Waals surface area contributed by atoms with Crippen LogP contribution in [-0.4, -0.2) is 56.2 Å². The third-order valence-corrected chi connectivity index (χ3v) is 5.75. The maximum atomic E-state index is 12.2. The fourth-order valence-corrected chi connectivity index (χ4v) is 3.58. The Morgan fingerprint density at radius 2 is 2.15 bits per heavy atom. The van der Waals surface area contributed by atoms with Crippen LogP contribution in [0.15, 0.2) is 34.6 Å². The molecule has 6 atom stereocenters. The van der Waals surface area contributed by atoms with E-state index in [0.717, 1.165) is 0 Å². The molecule has 0 saturated carbocycles. The molecule has 0 aromatic rings. The van der Waals surface area contributed by atoms with Crippen LogP contribution in [-0.2, 0) is 9.53 Å². The van der Waals surface area contributed by atoms with Crippen LogP contribution in [0.2, 0.25) is 0 Å². The number of aliphatic hydroxyl groups excluding tert-OH is 2. The van der Waals surface area contributed by atoms with E-state index in [0.29, 0.717) is 17.8 Å². The fourth-order valence-electron chi connectivity index (χ4n) is 3.19. The van der Waals surface area contributed by atoms with Crippen molar-refractivity contribution < 1.29 is 30.0 Å². The SMILES string of the molecule is CC[C@H](C)[C@@H](O)[C@@](C)(O)/C=C/C1=CC2=C(Cl)C(=O)[C@](C)(O)[C@H](O)[C@@H]2CO1. The average Bonchev–Trinajstić information content (AvgIpc) is 2.61. The molecule has 0 aromatic carbocycles. The molecule has 146 valence electrons. The van der Waals surface area contributed by atoms with Gasteiger partial charge in [-0.15, -0.1) is 0 Å². The Hall–Kier alpha value is -1.18. The summed E-state index contributed by atoms with van der Waals surface area (Å²) in [5.41, 5.74) is -3.02. The van der Waals surface area contributed by atoms with Crippen LogP contribution >= 0.6 is 11.6 Å². The first-order valence-electron chi connectivity index (χ1n) is 8.72. The van der Waals surface area contributed by atoms with Gasteiger partial charge in [-0.1, -0.05) is 31.9 Å². The summed E-state index contributed by atoms with van der Waals surface area (Å²) < 4.78 is 5.56. The van der Waals surface area contributed by atoms with Gasteiger partial charge in [-0.05, 0) is 43.6 Å². The van der Waals surface area contributed by atoms with Gasteiger partial charge in [0.25, 0.3) is 0 Å². The maximum absolute atomic E-state index is 12.2. The molecule has 2 rings (SSSR count). The molecule has 1 aliphatic heterocycles. The number of allylic oxidation sites excluding steroid dienone is 2. The second-order valence-electron chi connectivity index (χ2n) is 7.54. The van der Waals surface area contributed by atoms with Crippen LogP contribution in [0, 0.1) is 11.8 Å². The van der Waals surface area contributed by atoms with E-state index in [2.05, 4.69) is 0 Å². The van der Waals surface area contributed by atoms with Gasteiger partial charge in [0.2, 0.25) is 5.78 Å². The first kappa shape index (κ1) is 21.1. The van der Waals surface area contributed by atoms with Crippen molar-refractivity contribution in [2.45, 2.75) is 57.5 Å². The lowest BCUT2D eigenvalue weighted by atomic mass is 9.75. The van der Waals surface area contributed by atoms with Gasteiger partial charge in [0.05, 0.1) is 17.7 Å². The zero-order valence-corrected chi connectivity index (χ0v) is 16.2. The van der Waals surface area contributed by atoms with Crippen LogP contribution in [0.3, 0.4) is 0 Å². The molecule has 26 heavy (non-hydrogen) atoms. The molecule has 1 aliphatic carbocycles. The number of hydrogen-bond acceptors (Lipinski definition) is 6. The molecular weight excluding hydrogens is 360 g/mol. The number of ether oxygens (including phenoxy) is 1. The largest absolute Gasteiger partial charge is 0.493 e. The van der Waals surface area contributed by atoms with E-state index in [-0.39, 0.29) is 17.6 Å². The highest BCUT2D eigenvalue weighted by molar-refractivity contribution is 6.44. The van der Waals surface area contributed by atoms with E-state index >= 15 is 0 Å². The van der Waals surface area contributed by atoms with Gasteiger partial charge in [0.15, 0.2) is 5.60 Å². The number of aliphatic hydroxyl groups is 4. The Labute approximate surface area is 158 Å². The van der Waals surface area contributed by atoms with Gasteiger partial charge in [-0.2, -0.15) is 0 Å². The van der Waals surface area contributed by atoms with Gasteiger partial charge in [-0.25, -0.2) is 0 Å². The minimum atomic E-state index is -1.96. The number of hydrogen-bond donors (Lipinski definition) is 4. The Balaban J connectivity index is 2.29. The number of rotatable bonds is 5. The van der Waals surface area contributed by atoms with E-state index in [1.807, 2.05) is 13.8 Å². The summed E-state index contributed by atoms with van der Waals surface area (Å²) >= 11 is 6.10. The highest BCUT2D eigenvalue weighted by atomic mass is 35.5. The van der Waals surface area contributed by atoms with Gasteiger partial charge >= 0.3 is 0 Å². The third-order valence-electron chi connectivity index (χ3n) is 5.36. The summed E-state index contributed by atoms with van der Waals surface area (Å²) in [4.78, 5) is 12.2. The summed E-state index contributed by atoms with van der Waals surface area (Å²) in [6.45, 7) is 6.53. The second kappa shape index (κ2) is 7.44. The van der Waals surface area contributed by atoms with Gasteiger partial charge < -0.3 is 25.2 Å². The smallest absolute Gasteiger partial charge is 0.208 e. The fraction of sp³-hybridized carbons (Fsp3) is 0.632. The molecule has 1 heterocycles. The van der Waals surface area contributed by atoms with E-state index in [1.165, 1.54) is 32.1 Å². The molecule has 4 N–H and O–H groups in total. The summed E-state index contributed by atoms with van der Waals surface area (Å²) in [6, 6.07) is 0. The summed E-state index contributed by atoms with van der Waals surface area (Å²) in [5.74, 6) is -1.12. The average molecular weight is 387 g/mol. The standard InChI is InChI=1S/C19H27ClO6/c1-5-10(2)15(21)18(3,24)7-6-11-8-12-13(9-26-11)16(22)19(4,25)17(23)14(12)20/h6-8,10,13,15-16,21-22,24-25H,5,9H2,1-4H3/b7-6+/t10-,13+,15+,16+,18-,19+/m0/s1. The van der Waals surface area contributed by atoms with Crippen molar-refractivity contribution >= 4 is 17.4 Å². The number of carbonyl (C=O) groups excluding carboxylic acids is 1. The number of carbonyl (C=O) groups is 1. The lowest BCUT2D eigenvalue weighted by molar-refractivity contribution is -0.150. The Kier molecular flexibility index (Phi) is 6.05. The van der Waals surface area contributed by atoms with E-state index in [9.17, 15) is 25.2 Å². The molecule has 2 aliphatic rings. The molecule has 0 bridgehead atoms. The van der Waals surface area contributed by atoms with E-state index in [1.54, 1.807) is 0 Å². The van der Waals surface area contributed by atoms with Crippen LogP contribution in [0.5, 0.6) is 0 Å². The molecule has 0 fully saturated rings. The molecule has 6 nitrogen and oxygen atoms in total. The second-order valence-corrected chi connectivity index (χ2v) is 7.92. The zero-order valence-electron chi connectivity index (χ0n) is 15.4. The predicted octanol–water partition coefficient (Wildman–Crippen LogP) is 1.42. The lowest BCUT2D eigenvalue weighted by Crippen LogP contribution is -2.55. The monoisotopic (exact) mass is 386 g/mol. The minimum Gasteiger partial charge on any atom is -0.493 e. The van der Waals surface area contributed by atoms with Crippen molar-refractivity contribution in [1.29, 1.82) is 0 Å². The minimum absolute atomic E-state index is 0.0301. The summed E-state index contributed by atoms with van der Waals surface area (Å²) in [5, 5.41) is 41.0. The van der Waals surface area contributed by atoms with Crippen molar-refractivity contribution in [3.8, 4) is 0 Å². The molecule has 0 saturated heterocycles. The Morgan fingerprint density at radius 3 is 2.73 bits per heavy atom. The molecule has 0 unspecified atom stereocenters. The summed E-state index contributed by atoms with van der Waals surface area (Å²) in [7, 11) is 0. The predicted molar refractivity (Wildman–Crippen MR) is 97.3 cm³/mol. The molecule has 0 amide bonds. The van der Waals surface area contributed by atoms with Crippen molar-refractivity contribution in [2.75, 3.05) is 6.61 Å². The number of halogens is 1. The van der Waals surface area contributed by atoms with Crippen LogP contribution in [0.1, 0.15) is 34.1 Å². The Bertz CT molecular complexity index is 661. The highest BCUT2D eigenvalue weighted by Crippen LogP contribution is 2.40. The van der Waals surface area contributed by atoms with Gasteiger partial charge in [0, 0.05) is 5.92 Å². The number of Topliss-reactive ketones (excluding diaryl/α,β-unsaturated/α-hetero) is 1. The normalized spacial score (nSPS) is 34.0. The quantitative estimate of drug-likeness (QED) is 0.569. The number of fused-ring (bicyclic) bond motifs is 1. The van der Waals surface area contributed by atoms with E-state index < -0.39 is 35.1 Å². The number of ketones is 1. The molecule has 0 spiro atoms. The summed E-state index contributed by atoms with van der Waals surface area (Å²) in [6.07, 6.45) is 2.88. The van der Waals surface area contributed by atoms with Crippen LogP contribution < -0.4 is 0 Å².